The Morgan fingerprint density at radius 1 is 0.917 bits per heavy atom. The van der Waals surface area contributed by atoms with Crippen LogP contribution in [0.15, 0.2) is 0 Å². The summed E-state index contributed by atoms with van der Waals surface area (Å²) >= 11 is 0. The van der Waals surface area contributed by atoms with Gasteiger partial charge in [-0.15, -0.1) is 0 Å². The molecule has 2 rings (SSSR count). The van der Waals surface area contributed by atoms with E-state index >= 15 is 0 Å². The van der Waals surface area contributed by atoms with Crippen LogP contribution in [0.25, 0.3) is 0 Å². The molecule has 2 fully saturated rings. The molecular weight excluding hydrogens is 306 g/mol. The Hall–Kier alpha value is -1.18. The molecule has 0 radical (unpaired) electrons. The van der Waals surface area contributed by atoms with Gasteiger partial charge in [0.2, 0.25) is 11.8 Å². The normalized spacial score (nSPS) is 20.2. The molecule has 0 bridgehead atoms. The molecule has 2 aliphatic rings. The summed E-state index contributed by atoms with van der Waals surface area (Å²) in [6.07, 6.45) is 0.610. The molecular formula is C17H33N5O2. The third-order valence-corrected chi connectivity index (χ3v) is 5.05. The number of hydrogen-bond donors (Lipinski definition) is 1. The van der Waals surface area contributed by atoms with Gasteiger partial charge in [0.25, 0.3) is 0 Å². The average molecular weight is 339 g/mol. The van der Waals surface area contributed by atoms with Gasteiger partial charge in [0.1, 0.15) is 0 Å². The van der Waals surface area contributed by atoms with E-state index in [1.165, 1.54) is 0 Å². The highest BCUT2D eigenvalue weighted by atomic mass is 16.2. The summed E-state index contributed by atoms with van der Waals surface area (Å²) < 4.78 is 0. The van der Waals surface area contributed by atoms with E-state index in [1.807, 2.05) is 23.6 Å². The van der Waals surface area contributed by atoms with Gasteiger partial charge in [-0.05, 0) is 13.8 Å². The predicted molar refractivity (Wildman–Crippen MR) is 94.9 cm³/mol. The van der Waals surface area contributed by atoms with Crippen molar-refractivity contribution in [2.24, 2.45) is 0 Å². The summed E-state index contributed by atoms with van der Waals surface area (Å²) in [5.41, 5.74) is 0. The van der Waals surface area contributed by atoms with Crippen molar-refractivity contribution in [3.05, 3.63) is 0 Å². The molecule has 0 saturated carbocycles. The van der Waals surface area contributed by atoms with Gasteiger partial charge in [-0.3, -0.25) is 14.5 Å². The van der Waals surface area contributed by atoms with E-state index < -0.39 is 0 Å². The summed E-state index contributed by atoms with van der Waals surface area (Å²) in [5, 5.41) is 3.27. The van der Waals surface area contributed by atoms with Crippen molar-refractivity contribution in [3.63, 3.8) is 0 Å². The Morgan fingerprint density at radius 2 is 1.50 bits per heavy atom. The van der Waals surface area contributed by atoms with Gasteiger partial charge < -0.3 is 20.0 Å². The maximum atomic E-state index is 12.2. The molecule has 7 heteroatoms. The zero-order valence-corrected chi connectivity index (χ0v) is 15.3. The van der Waals surface area contributed by atoms with Gasteiger partial charge in [0.05, 0.1) is 6.54 Å². The number of likely N-dealkylation sites (N-methyl/N-ethyl adjacent to an activating group) is 1. The summed E-state index contributed by atoms with van der Waals surface area (Å²) in [6, 6.07) is 0. The minimum absolute atomic E-state index is 0.224. The molecule has 1 N–H and O–H groups in total. The number of piperazine rings is 2. The quantitative estimate of drug-likeness (QED) is 0.664. The number of hydrogen-bond acceptors (Lipinski definition) is 5. The number of rotatable bonds is 7. The summed E-state index contributed by atoms with van der Waals surface area (Å²) in [6.45, 7) is 14.2. The molecule has 2 heterocycles. The molecule has 0 atom stereocenters. The zero-order chi connectivity index (χ0) is 17.4. The summed E-state index contributed by atoms with van der Waals surface area (Å²) in [4.78, 5) is 32.8. The monoisotopic (exact) mass is 339 g/mol. The van der Waals surface area contributed by atoms with E-state index in [1.54, 1.807) is 0 Å². The lowest BCUT2D eigenvalue weighted by Crippen LogP contribution is -2.51. The van der Waals surface area contributed by atoms with Crippen LogP contribution in [0.5, 0.6) is 0 Å². The molecule has 0 aromatic rings. The predicted octanol–water partition coefficient (Wildman–Crippen LogP) is -0.706. The Bertz CT molecular complexity index is 400. The fourth-order valence-corrected chi connectivity index (χ4v) is 3.36. The van der Waals surface area contributed by atoms with Crippen LogP contribution in [0.2, 0.25) is 0 Å². The Morgan fingerprint density at radius 3 is 2.08 bits per heavy atom. The number of nitrogens with one attached hydrogen (secondary N) is 1. The first-order valence-electron chi connectivity index (χ1n) is 9.35. The first kappa shape index (κ1) is 19.1. The Balaban J connectivity index is 1.63. The van der Waals surface area contributed by atoms with Gasteiger partial charge in [-0.1, -0.05) is 0 Å². The maximum absolute atomic E-state index is 12.2. The summed E-state index contributed by atoms with van der Waals surface area (Å²) in [7, 11) is 0. The molecule has 2 amide bonds. The fourth-order valence-electron chi connectivity index (χ4n) is 3.36. The largest absolute Gasteiger partial charge is 0.342 e. The molecule has 7 nitrogen and oxygen atoms in total. The Labute approximate surface area is 145 Å². The second-order valence-electron chi connectivity index (χ2n) is 6.56. The van der Waals surface area contributed by atoms with Crippen molar-refractivity contribution < 1.29 is 9.59 Å². The van der Waals surface area contributed by atoms with Crippen molar-refractivity contribution in [1.82, 2.24) is 24.9 Å². The number of amides is 2. The van der Waals surface area contributed by atoms with Gasteiger partial charge in [-0.25, -0.2) is 0 Å². The van der Waals surface area contributed by atoms with Crippen LogP contribution < -0.4 is 5.32 Å². The molecule has 2 saturated heterocycles. The number of carbonyl (C=O) groups is 2. The van der Waals surface area contributed by atoms with Gasteiger partial charge in [-0.2, -0.15) is 0 Å². The minimum Gasteiger partial charge on any atom is -0.342 e. The van der Waals surface area contributed by atoms with Crippen LogP contribution in [0, 0.1) is 0 Å². The van der Waals surface area contributed by atoms with Crippen LogP contribution in [-0.4, -0.2) is 110 Å². The molecule has 2 aliphatic heterocycles. The summed E-state index contributed by atoms with van der Waals surface area (Å²) in [5.74, 6) is 0.498. The second kappa shape index (κ2) is 9.96. The SMILES string of the molecule is CCN(CC)C(=O)CN1CCN(CCC(=O)N2CCNCC2)CC1. The molecule has 0 unspecified atom stereocenters. The van der Waals surface area contributed by atoms with Crippen molar-refractivity contribution in [1.29, 1.82) is 0 Å². The number of nitrogens with zero attached hydrogens (tertiary/aromatic N) is 4. The highest BCUT2D eigenvalue weighted by molar-refractivity contribution is 5.78. The van der Waals surface area contributed by atoms with Gasteiger partial charge in [0, 0.05) is 78.4 Å². The van der Waals surface area contributed by atoms with E-state index in [0.717, 1.165) is 72.0 Å². The first-order chi connectivity index (χ1) is 11.6. The molecule has 138 valence electrons. The Kier molecular flexibility index (Phi) is 7.94. The third kappa shape index (κ3) is 5.72. The lowest BCUT2D eigenvalue weighted by Gasteiger charge is -2.35. The van der Waals surface area contributed by atoms with E-state index in [2.05, 4.69) is 15.1 Å². The van der Waals surface area contributed by atoms with E-state index in [-0.39, 0.29) is 11.8 Å². The fraction of sp³-hybridized carbons (Fsp3) is 0.882. The standard InChI is InChI=1S/C17H33N5O2/c1-3-21(4-2)17(24)15-20-13-11-19(12-14-20)8-5-16(23)22-9-6-18-7-10-22/h18H,3-15H2,1-2H3. The minimum atomic E-state index is 0.224. The highest BCUT2D eigenvalue weighted by Gasteiger charge is 2.22. The van der Waals surface area contributed by atoms with E-state index in [4.69, 9.17) is 0 Å². The van der Waals surface area contributed by atoms with E-state index in [9.17, 15) is 9.59 Å². The lowest BCUT2D eigenvalue weighted by atomic mass is 10.2. The molecule has 0 aromatic heterocycles. The maximum Gasteiger partial charge on any atom is 0.236 e. The smallest absolute Gasteiger partial charge is 0.236 e. The van der Waals surface area contributed by atoms with E-state index in [0.29, 0.717) is 13.0 Å². The molecule has 0 aromatic carbocycles. The van der Waals surface area contributed by atoms with Crippen molar-refractivity contribution in [2.75, 3.05) is 78.5 Å². The molecule has 0 aliphatic carbocycles. The van der Waals surface area contributed by atoms with Crippen LogP contribution >= 0.6 is 0 Å². The molecule has 24 heavy (non-hydrogen) atoms. The first-order valence-corrected chi connectivity index (χ1v) is 9.35. The van der Waals surface area contributed by atoms with Crippen LogP contribution in [-0.2, 0) is 9.59 Å². The molecule has 0 spiro atoms. The number of carbonyl (C=O) groups excluding carboxylic acids is 2. The third-order valence-electron chi connectivity index (χ3n) is 5.05. The zero-order valence-electron chi connectivity index (χ0n) is 15.3. The van der Waals surface area contributed by atoms with Gasteiger partial charge in [0.15, 0.2) is 0 Å². The van der Waals surface area contributed by atoms with Crippen molar-refractivity contribution in [3.8, 4) is 0 Å². The van der Waals surface area contributed by atoms with Crippen LogP contribution in [0.4, 0.5) is 0 Å². The average Bonchev–Trinajstić information content (AvgIpc) is 2.62. The van der Waals surface area contributed by atoms with Crippen molar-refractivity contribution >= 4 is 11.8 Å². The van der Waals surface area contributed by atoms with Crippen LogP contribution in [0.3, 0.4) is 0 Å². The highest BCUT2D eigenvalue weighted by Crippen LogP contribution is 2.05. The van der Waals surface area contributed by atoms with Crippen molar-refractivity contribution in [2.45, 2.75) is 20.3 Å². The topological polar surface area (TPSA) is 59.1 Å². The lowest BCUT2D eigenvalue weighted by molar-refractivity contribution is -0.132. The van der Waals surface area contributed by atoms with Gasteiger partial charge >= 0.3 is 0 Å². The van der Waals surface area contributed by atoms with Crippen LogP contribution in [0.1, 0.15) is 20.3 Å². The second-order valence-corrected chi connectivity index (χ2v) is 6.56.